The molecule has 2 aromatic rings. The van der Waals surface area contributed by atoms with E-state index in [0.717, 1.165) is 11.4 Å². The summed E-state index contributed by atoms with van der Waals surface area (Å²) in [6.07, 6.45) is 0. The van der Waals surface area contributed by atoms with Crippen molar-refractivity contribution in [1.29, 1.82) is 0 Å². The van der Waals surface area contributed by atoms with E-state index in [2.05, 4.69) is 10.6 Å². The van der Waals surface area contributed by atoms with E-state index in [-0.39, 0.29) is 11.9 Å². The summed E-state index contributed by atoms with van der Waals surface area (Å²) in [7, 11) is 1.61. The van der Waals surface area contributed by atoms with E-state index in [4.69, 9.17) is 16.3 Å². The van der Waals surface area contributed by atoms with Crippen molar-refractivity contribution in [2.24, 2.45) is 0 Å². The van der Waals surface area contributed by atoms with Crippen LogP contribution < -0.4 is 15.4 Å². The highest BCUT2D eigenvalue weighted by atomic mass is 35.5. The molecule has 2 N–H and O–H groups in total. The van der Waals surface area contributed by atoms with Gasteiger partial charge in [-0.15, -0.1) is 0 Å². The smallest absolute Gasteiger partial charge is 0.246 e. The van der Waals surface area contributed by atoms with E-state index >= 15 is 0 Å². The zero-order chi connectivity index (χ0) is 15.2. The Morgan fingerprint density at radius 1 is 1.14 bits per heavy atom. The van der Waals surface area contributed by atoms with Crippen molar-refractivity contribution < 1.29 is 9.53 Å². The molecular formula is C16H17ClN2O2. The Morgan fingerprint density at radius 3 is 2.48 bits per heavy atom. The largest absolute Gasteiger partial charge is 0.497 e. The first-order valence-electron chi connectivity index (χ1n) is 6.55. The summed E-state index contributed by atoms with van der Waals surface area (Å²) in [6.45, 7) is 1.80. The van der Waals surface area contributed by atoms with Gasteiger partial charge in [-0.25, -0.2) is 0 Å². The molecule has 2 rings (SSSR count). The lowest BCUT2D eigenvalue weighted by Crippen LogP contribution is -2.31. The molecule has 0 aromatic heterocycles. The summed E-state index contributed by atoms with van der Waals surface area (Å²) in [6, 6.07) is 14.1. The normalized spacial score (nSPS) is 11.6. The number of carbonyl (C=O) groups is 1. The number of nitrogens with one attached hydrogen (secondary N) is 2. The molecule has 0 saturated heterocycles. The van der Waals surface area contributed by atoms with Gasteiger partial charge in [0.1, 0.15) is 11.8 Å². The molecule has 0 heterocycles. The van der Waals surface area contributed by atoms with Crippen molar-refractivity contribution >= 4 is 28.9 Å². The molecule has 0 spiro atoms. The SMILES string of the molecule is COc1ccc(N[C@@H](C)C(=O)Nc2cccc(Cl)c2)cc1. The van der Waals surface area contributed by atoms with Gasteiger partial charge in [0.2, 0.25) is 5.91 Å². The molecule has 0 aliphatic carbocycles. The third-order valence-electron chi connectivity index (χ3n) is 2.96. The molecule has 110 valence electrons. The molecule has 0 radical (unpaired) electrons. The van der Waals surface area contributed by atoms with Crippen LogP contribution in [0.4, 0.5) is 11.4 Å². The molecular weight excluding hydrogens is 288 g/mol. The topological polar surface area (TPSA) is 50.4 Å². The second-order valence-corrected chi connectivity index (χ2v) is 5.03. The van der Waals surface area contributed by atoms with Crippen LogP contribution in [0.3, 0.4) is 0 Å². The predicted octanol–water partition coefficient (Wildman–Crippen LogP) is 3.79. The number of benzene rings is 2. The van der Waals surface area contributed by atoms with Gasteiger partial charge < -0.3 is 15.4 Å². The average molecular weight is 305 g/mol. The second-order valence-electron chi connectivity index (χ2n) is 4.59. The Labute approximate surface area is 129 Å². The number of amides is 1. The molecule has 4 nitrogen and oxygen atoms in total. The number of carbonyl (C=O) groups excluding carboxylic acids is 1. The van der Waals surface area contributed by atoms with Crippen LogP contribution in [0.15, 0.2) is 48.5 Å². The third-order valence-corrected chi connectivity index (χ3v) is 3.19. The van der Waals surface area contributed by atoms with Crippen LogP contribution in [0.2, 0.25) is 5.02 Å². The standard InChI is InChI=1S/C16H17ClN2O2/c1-11(18-13-6-8-15(21-2)9-7-13)16(20)19-14-5-3-4-12(17)10-14/h3-11,18H,1-2H3,(H,19,20)/t11-/m0/s1. The Balaban J connectivity index is 1.95. The summed E-state index contributed by atoms with van der Waals surface area (Å²) in [5.41, 5.74) is 1.53. The summed E-state index contributed by atoms with van der Waals surface area (Å²) >= 11 is 5.89. The van der Waals surface area contributed by atoms with Crippen molar-refractivity contribution in [2.45, 2.75) is 13.0 Å². The minimum Gasteiger partial charge on any atom is -0.497 e. The van der Waals surface area contributed by atoms with E-state index in [9.17, 15) is 4.79 Å². The number of anilines is 2. The molecule has 2 aromatic carbocycles. The molecule has 1 atom stereocenters. The molecule has 1 amide bonds. The van der Waals surface area contributed by atoms with E-state index in [1.807, 2.05) is 24.3 Å². The van der Waals surface area contributed by atoms with Gasteiger partial charge in [0.05, 0.1) is 7.11 Å². The average Bonchev–Trinajstić information content (AvgIpc) is 2.48. The van der Waals surface area contributed by atoms with Crippen LogP contribution in [0.5, 0.6) is 5.75 Å². The van der Waals surface area contributed by atoms with Crippen LogP contribution in [0.25, 0.3) is 0 Å². The number of ether oxygens (including phenoxy) is 1. The van der Waals surface area contributed by atoms with Gasteiger partial charge in [0, 0.05) is 16.4 Å². The Hall–Kier alpha value is -2.20. The lowest BCUT2D eigenvalue weighted by Gasteiger charge is -2.15. The highest BCUT2D eigenvalue weighted by molar-refractivity contribution is 6.30. The highest BCUT2D eigenvalue weighted by Gasteiger charge is 2.12. The van der Waals surface area contributed by atoms with Gasteiger partial charge in [0.15, 0.2) is 0 Å². The number of rotatable bonds is 5. The second kappa shape index (κ2) is 6.99. The van der Waals surface area contributed by atoms with Crippen molar-refractivity contribution in [1.82, 2.24) is 0 Å². The van der Waals surface area contributed by atoms with E-state index in [0.29, 0.717) is 10.7 Å². The van der Waals surface area contributed by atoms with E-state index in [1.165, 1.54) is 0 Å². The van der Waals surface area contributed by atoms with Gasteiger partial charge in [-0.3, -0.25) is 4.79 Å². The van der Waals surface area contributed by atoms with Crippen molar-refractivity contribution in [3.63, 3.8) is 0 Å². The lowest BCUT2D eigenvalue weighted by atomic mass is 10.2. The maximum atomic E-state index is 12.1. The number of hydrogen-bond donors (Lipinski definition) is 2. The number of methoxy groups -OCH3 is 1. The van der Waals surface area contributed by atoms with Crippen LogP contribution in [-0.4, -0.2) is 19.1 Å². The Kier molecular flexibility index (Phi) is 5.06. The van der Waals surface area contributed by atoms with E-state index < -0.39 is 0 Å². The maximum Gasteiger partial charge on any atom is 0.246 e. The van der Waals surface area contributed by atoms with Crippen molar-refractivity contribution in [3.8, 4) is 5.75 Å². The fraction of sp³-hybridized carbons (Fsp3) is 0.188. The summed E-state index contributed by atoms with van der Waals surface area (Å²) in [5, 5.41) is 6.53. The van der Waals surface area contributed by atoms with Gasteiger partial charge in [-0.2, -0.15) is 0 Å². The fourth-order valence-electron chi connectivity index (χ4n) is 1.82. The van der Waals surface area contributed by atoms with Gasteiger partial charge in [-0.05, 0) is 49.4 Å². The zero-order valence-electron chi connectivity index (χ0n) is 11.9. The number of halogens is 1. The molecule has 0 unspecified atom stereocenters. The van der Waals surface area contributed by atoms with Gasteiger partial charge >= 0.3 is 0 Å². The molecule has 0 aliphatic heterocycles. The van der Waals surface area contributed by atoms with Crippen LogP contribution in [-0.2, 0) is 4.79 Å². The molecule has 21 heavy (non-hydrogen) atoms. The summed E-state index contributed by atoms with van der Waals surface area (Å²) in [4.78, 5) is 12.1. The minimum atomic E-state index is -0.377. The third kappa shape index (κ3) is 4.39. The fourth-order valence-corrected chi connectivity index (χ4v) is 2.01. The maximum absolute atomic E-state index is 12.1. The lowest BCUT2D eigenvalue weighted by molar-refractivity contribution is -0.116. The molecule has 0 aliphatic rings. The zero-order valence-corrected chi connectivity index (χ0v) is 12.6. The Bertz CT molecular complexity index is 614. The minimum absolute atomic E-state index is 0.131. The van der Waals surface area contributed by atoms with Crippen LogP contribution in [0.1, 0.15) is 6.92 Å². The first-order chi connectivity index (χ1) is 10.1. The first-order valence-corrected chi connectivity index (χ1v) is 6.93. The van der Waals surface area contributed by atoms with Gasteiger partial charge in [0.25, 0.3) is 0 Å². The molecule has 0 fully saturated rings. The Morgan fingerprint density at radius 2 is 1.86 bits per heavy atom. The monoisotopic (exact) mass is 304 g/mol. The quantitative estimate of drug-likeness (QED) is 0.883. The summed E-state index contributed by atoms with van der Waals surface area (Å²) in [5.74, 6) is 0.643. The molecule has 5 heteroatoms. The molecule has 0 saturated carbocycles. The first kappa shape index (κ1) is 15.2. The highest BCUT2D eigenvalue weighted by Crippen LogP contribution is 2.17. The van der Waals surface area contributed by atoms with Gasteiger partial charge in [-0.1, -0.05) is 17.7 Å². The van der Waals surface area contributed by atoms with Crippen molar-refractivity contribution in [2.75, 3.05) is 17.7 Å². The molecule has 0 bridgehead atoms. The van der Waals surface area contributed by atoms with E-state index in [1.54, 1.807) is 38.3 Å². The van der Waals surface area contributed by atoms with Crippen molar-refractivity contribution in [3.05, 3.63) is 53.6 Å². The number of hydrogen-bond acceptors (Lipinski definition) is 3. The summed E-state index contributed by atoms with van der Waals surface area (Å²) < 4.78 is 5.09. The van der Waals surface area contributed by atoms with Crippen LogP contribution >= 0.6 is 11.6 Å². The predicted molar refractivity (Wildman–Crippen MR) is 86.2 cm³/mol. The van der Waals surface area contributed by atoms with Crippen LogP contribution in [0, 0.1) is 0 Å².